The monoisotopic (exact) mass is 367 g/mol. The van der Waals surface area contributed by atoms with Crippen LogP contribution in [-0.2, 0) is 9.59 Å². The summed E-state index contributed by atoms with van der Waals surface area (Å²) in [6, 6.07) is 15.9. The molecule has 142 valence electrons. The fourth-order valence-electron chi connectivity index (χ4n) is 2.29. The molecule has 0 aliphatic rings. The Morgan fingerprint density at radius 3 is 2.04 bits per heavy atom. The van der Waals surface area contributed by atoms with Crippen molar-refractivity contribution in [2.24, 2.45) is 5.92 Å². The third-order valence-corrected chi connectivity index (χ3v) is 3.86. The van der Waals surface area contributed by atoms with Crippen LogP contribution in [0.25, 0.3) is 0 Å². The highest BCUT2D eigenvalue weighted by molar-refractivity contribution is 5.94. The van der Waals surface area contributed by atoms with Gasteiger partial charge in [-0.3, -0.25) is 14.4 Å². The summed E-state index contributed by atoms with van der Waals surface area (Å²) in [5.74, 6) is -0.408. The predicted octanol–water partition coefficient (Wildman–Crippen LogP) is 3.43. The minimum Gasteiger partial charge on any atom is -0.352 e. The fraction of sp³-hybridized carbons (Fsp3) is 0.286. The van der Waals surface area contributed by atoms with Gasteiger partial charge in [0.25, 0.3) is 5.91 Å². The molecule has 2 rings (SSSR count). The Morgan fingerprint density at radius 2 is 1.44 bits per heavy atom. The average Bonchev–Trinajstić information content (AvgIpc) is 2.67. The molecule has 6 nitrogen and oxygen atoms in total. The summed E-state index contributed by atoms with van der Waals surface area (Å²) in [4.78, 5) is 35.5. The lowest BCUT2D eigenvalue weighted by Gasteiger charge is -2.09. The van der Waals surface area contributed by atoms with Gasteiger partial charge in [0, 0.05) is 35.8 Å². The quantitative estimate of drug-likeness (QED) is 0.625. The van der Waals surface area contributed by atoms with Crippen LogP contribution < -0.4 is 16.0 Å². The van der Waals surface area contributed by atoms with Gasteiger partial charge in [-0.15, -0.1) is 0 Å². The van der Waals surface area contributed by atoms with Gasteiger partial charge in [-0.2, -0.15) is 0 Å². The van der Waals surface area contributed by atoms with Crippen molar-refractivity contribution in [2.45, 2.75) is 26.7 Å². The second kappa shape index (κ2) is 10.1. The molecular weight excluding hydrogens is 342 g/mol. The summed E-state index contributed by atoms with van der Waals surface area (Å²) >= 11 is 0. The Hall–Kier alpha value is -3.15. The maximum atomic E-state index is 12.0. The van der Waals surface area contributed by atoms with Crippen molar-refractivity contribution in [3.05, 3.63) is 60.2 Å². The molecule has 0 spiro atoms. The largest absolute Gasteiger partial charge is 0.352 e. The Bertz CT molecular complexity index is 771. The lowest BCUT2D eigenvalue weighted by atomic mass is 10.2. The Kier molecular flexibility index (Phi) is 7.55. The highest BCUT2D eigenvalue weighted by Gasteiger charge is 2.08. The van der Waals surface area contributed by atoms with Crippen molar-refractivity contribution < 1.29 is 14.4 Å². The van der Waals surface area contributed by atoms with E-state index >= 15 is 0 Å². The summed E-state index contributed by atoms with van der Waals surface area (Å²) in [6.45, 7) is 4.08. The maximum Gasteiger partial charge on any atom is 0.251 e. The first kappa shape index (κ1) is 20.2. The number of hydrogen-bond donors (Lipinski definition) is 3. The van der Waals surface area contributed by atoms with Crippen molar-refractivity contribution in [3.63, 3.8) is 0 Å². The normalized spacial score (nSPS) is 10.3. The third-order valence-electron chi connectivity index (χ3n) is 3.86. The summed E-state index contributed by atoms with van der Waals surface area (Å²) in [7, 11) is 0. The molecule has 6 heteroatoms. The van der Waals surface area contributed by atoms with Crippen LogP contribution >= 0.6 is 0 Å². The first-order valence-electron chi connectivity index (χ1n) is 8.99. The van der Waals surface area contributed by atoms with Gasteiger partial charge in [0.2, 0.25) is 11.8 Å². The summed E-state index contributed by atoms with van der Waals surface area (Å²) in [6.07, 6.45) is 0.855. The number of hydrogen-bond acceptors (Lipinski definition) is 3. The molecule has 0 aliphatic heterocycles. The molecule has 2 aromatic rings. The van der Waals surface area contributed by atoms with Crippen molar-refractivity contribution in [2.75, 3.05) is 17.2 Å². The molecular formula is C21H25N3O3. The molecule has 0 aliphatic carbocycles. The van der Waals surface area contributed by atoms with Crippen LogP contribution in [0.1, 0.15) is 37.0 Å². The zero-order valence-electron chi connectivity index (χ0n) is 15.6. The van der Waals surface area contributed by atoms with E-state index in [1.165, 1.54) is 0 Å². The van der Waals surface area contributed by atoms with E-state index in [9.17, 15) is 14.4 Å². The number of benzene rings is 2. The molecule has 3 N–H and O–H groups in total. The summed E-state index contributed by atoms with van der Waals surface area (Å²) in [5, 5.41) is 8.39. The number of amides is 3. The van der Waals surface area contributed by atoms with Crippen molar-refractivity contribution in [1.82, 2.24) is 5.32 Å². The highest BCUT2D eigenvalue weighted by atomic mass is 16.2. The second-order valence-electron chi connectivity index (χ2n) is 6.49. The molecule has 0 fully saturated rings. The Labute approximate surface area is 159 Å². The van der Waals surface area contributed by atoms with Gasteiger partial charge in [0.1, 0.15) is 0 Å². The summed E-state index contributed by atoms with van der Waals surface area (Å²) in [5.41, 5.74) is 1.96. The third kappa shape index (κ3) is 6.93. The first-order valence-corrected chi connectivity index (χ1v) is 8.99. The molecule has 0 unspecified atom stereocenters. The topological polar surface area (TPSA) is 87.3 Å². The van der Waals surface area contributed by atoms with Crippen molar-refractivity contribution in [3.8, 4) is 0 Å². The smallest absolute Gasteiger partial charge is 0.251 e. The molecule has 0 radical (unpaired) electrons. The first-order chi connectivity index (χ1) is 13.0. The number of carbonyl (C=O) groups is 3. The molecule has 0 saturated heterocycles. The van der Waals surface area contributed by atoms with Gasteiger partial charge in [-0.25, -0.2) is 0 Å². The molecule has 0 aromatic heterocycles. The molecule has 0 bridgehead atoms. The standard InChI is InChI=1S/C21H25N3O3/c1-15(2)20(26)24-18-12-10-17(11-13-18)23-19(25)9-6-14-22-21(27)16-7-4-3-5-8-16/h3-5,7-8,10-13,15H,6,9,14H2,1-2H3,(H,22,27)(H,23,25)(H,24,26). The lowest BCUT2D eigenvalue weighted by molar-refractivity contribution is -0.119. The van der Waals surface area contributed by atoms with E-state index in [1.54, 1.807) is 36.4 Å². The number of nitrogens with one attached hydrogen (secondary N) is 3. The van der Waals surface area contributed by atoms with Crippen LogP contribution in [0.4, 0.5) is 11.4 Å². The van der Waals surface area contributed by atoms with Crippen LogP contribution in [0.15, 0.2) is 54.6 Å². The predicted molar refractivity (Wildman–Crippen MR) is 107 cm³/mol. The lowest BCUT2D eigenvalue weighted by Crippen LogP contribution is -2.25. The minimum absolute atomic E-state index is 0.0515. The zero-order valence-corrected chi connectivity index (χ0v) is 15.6. The van der Waals surface area contributed by atoms with Crippen LogP contribution in [0.5, 0.6) is 0 Å². The van der Waals surface area contributed by atoms with Crippen LogP contribution in [0.2, 0.25) is 0 Å². The van der Waals surface area contributed by atoms with Gasteiger partial charge < -0.3 is 16.0 Å². The van der Waals surface area contributed by atoms with E-state index < -0.39 is 0 Å². The molecule has 0 saturated carbocycles. The Balaban J connectivity index is 1.69. The summed E-state index contributed by atoms with van der Waals surface area (Å²) < 4.78 is 0. The van der Waals surface area contributed by atoms with E-state index in [0.29, 0.717) is 36.3 Å². The van der Waals surface area contributed by atoms with Crippen LogP contribution in [0, 0.1) is 5.92 Å². The minimum atomic E-state index is -0.143. The van der Waals surface area contributed by atoms with Crippen molar-refractivity contribution in [1.29, 1.82) is 0 Å². The van der Waals surface area contributed by atoms with Gasteiger partial charge in [0.05, 0.1) is 0 Å². The van der Waals surface area contributed by atoms with Crippen LogP contribution in [-0.4, -0.2) is 24.3 Å². The molecule has 3 amide bonds. The van der Waals surface area contributed by atoms with Crippen molar-refractivity contribution >= 4 is 29.1 Å². The van der Waals surface area contributed by atoms with E-state index in [-0.39, 0.29) is 23.6 Å². The van der Waals surface area contributed by atoms with Gasteiger partial charge in [-0.1, -0.05) is 32.0 Å². The maximum absolute atomic E-state index is 12.0. The number of rotatable bonds is 8. The van der Waals surface area contributed by atoms with E-state index in [1.807, 2.05) is 32.0 Å². The Morgan fingerprint density at radius 1 is 0.852 bits per heavy atom. The highest BCUT2D eigenvalue weighted by Crippen LogP contribution is 2.14. The zero-order chi connectivity index (χ0) is 19.6. The molecule has 0 atom stereocenters. The van der Waals surface area contributed by atoms with E-state index in [2.05, 4.69) is 16.0 Å². The molecule has 27 heavy (non-hydrogen) atoms. The SMILES string of the molecule is CC(C)C(=O)Nc1ccc(NC(=O)CCCNC(=O)c2ccccc2)cc1. The fourth-order valence-corrected chi connectivity index (χ4v) is 2.29. The molecule has 2 aromatic carbocycles. The number of carbonyl (C=O) groups excluding carboxylic acids is 3. The van der Waals surface area contributed by atoms with Crippen LogP contribution in [0.3, 0.4) is 0 Å². The second-order valence-corrected chi connectivity index (χ2v) is 6.49. The van der Waals surface area contributed by atoms with Gasteiger partial charge in [-0.05, 0) is 42.8 Å². The van der Waals surface area contributed by atoms with E-state index in [4.69, 9.17) is 0 Å². The number of anilines is 2. The van der Waals surface area contributed by atoms with E-state index in [0.717, 1.165) is 0 Å². The molecule has 0 heterocycles. The van der Waals surface area contributed by atoms with Gasteiger partial charge in [0.15, 0.2) is 0 Å². The van der Waals surface area contributed by atoms with Gasteiger partial charge >= 0.3 is 0 Å². The average molecular weight is 367 g/mol.